The summed E-state index contributed by atoms with van der Waals surface area (Å²) in [5.41, 5.74) is 1.89. The maximum atomic E-state index is 13.0. The van der Waals surface area contributed by atoms with Crippen molar-refractivity contribution in [2.45, 2.75) is 57.0 Å². The number of anilines is 1. The Kier molecular flexibility index (Phi) is 2.46. The molecule has 3 atom stereocenters. The van der Waals surface area contributed by atoms with Crippen LogP contribution in [-0.2, 0) is 9.59 Å². The highest BCUT2D eigenvalue weighted by Gasteiger charge is 2.73. The number of rotatable bonds is 1. The average Bonchev–Trinajstić information content (AvgIpc) is 3.02. The van der Waals surface area contributed by atoms with E-state index >= 15 is 0 Å². The minimum atomic E-state index is -0.421. The summed E-state index contributed by atoms with van der Waals surface area (Å²) >= 11 is 0. The molecule has 4 nitrogen and oxygen atoms in total. The van der Waals surface area contributed by atoms with Gasteiger partial charge in [0.25, 0.3) is 0 Å². The average molecular weight is 310 g/mol. The molecular weight excluding hydrogens is 288 g/mol. The number of hydrogen-bond acceptors (Lipinski definition) is 2. The minimum Gasteiger partial charge on any atom is -0.318 e. The van der Waals surface area contributed by atoms with Gasteiger partial charge in [0.1, 0.15) is 5.66 Å². The quantitative estimate of drug-likeness (QED) is 0.800. The SMILES string of the molecule is CC[C@@]12CCCN3C(=O)C[C@H]4c5ccccc5N(C(=O)CC1)[C@]432. The van der Waals surface area contributed by atoms with Crippen LogP contribution in [0.25, 0.3) is 0 Å². The number of nitrogens with zero attached hydrogens (tertiary/aromatic N) is 2. The van der Waals surface area contributed by atoms with E-state index in [9.17, 15) is 9.59 Å². The molecule has 120 valence electrons. The van der Waals surface area contributed by atoms with E-state index < -0.39 is 5.66 Å². The molecule has 2 amide bonds. The van der Waals surface area contributed by atoms with E-state index in [1.807, 2.05) is 17.0 Å². The molecule has 4 aliphatic heterocycles. The Bertz CT molecular complexity index is 730. The summed E-state index contributed by atoms with van der Waals surface area (Å²) in [6, 6.07) is 8.26. The van der Waals surface area contributed by atoms with Crippen LogP contribution in [0.3, 0.4) is 0 Å². The molecule has 5 rings (SSSR count). The van der Waals surface area contributed by atoms with Gasteiger partial charge in [-0.3, -0.25) is 14.5 Å². The van der Waals surface area contributed by atoms with Gasteiger partial charge in [-0.25, -0.2) is 0 Å². The molecule has 1 aromatic carbocycles. The van der Waals surface area contributed by atoms with Crippen LogP contribution in [0, 0.1) is 5.41 Å². The zero-order valence-corrected chi connectivity index (χ0v) is 13.5. The maximum absolute atomic E-state index is 13.0. The Morgan fingerprint density at radius 3 is 2.83 bits per heavy atom. The summed E-state index contributed by atoms with van der Waals surface area (Å²) in [5, 5.41) is 0. The first-order chi connectivity index (χ1) is 11.2. The van der Waals surface area contributed by atoms with Gasteiger partial charge in [0.2, 0.25) is 11.8 Å². The molecular formula is C19H22N2O2. The van der Waals surface area contributed by atoms with Gasteiger partial charge in [-0.2, -0.15) is 0 Å². The first kappa shape index (κ1) is 13.6. The molecule has 0 aromatic heterocycles. The molecule has 4 aliphatic rings. The molecule has 4 heteroatoms. The molecule has 0 N–H and O–H groups in total. The van der Waals surface area contributed by atoms with Crippen LogP contribution in [0.1, 0.15) is 56.9 Å². The van der Waals surface area contributed by atoms with Crippen molar-refractivity contribution in [1.82, 2.24) is 4.90 Å². The van der Waals surface area contributed by atoms with E-state index in [0.717, 1.165) is 37.9 Å². The molecule has 3 fully saturated rings. The number of fused-ring (bicyclic) bond motifs is 3. The van der Waals surface area contributed by atoms with Crippen LogP contribution in [0.5, 0.6) is 0 Å². The van der Waals surface area contributed by atoms with Crippen LogP contribution in [-0.4, -0.2) is 28.9 Å². The van der Waals surface area contributed by atoms with Crippen molar-refractivity contribution in [3.63, 3.8) is 0 Å². The minimum absolute atomic E-state index is 0.0506. The number of hydrogen-bond donors (Lipinski definition) is 0. The molecule has 0 saturated carbocycles. The lowest BCUT2D eigenvalue weighted by molar-refractivity contribution is -0.150. The second kappa shape index (κ2) is 4.16. The van der Waals surface area contributed by atoms with Crippen LogP contribution in [0.2, 0.25) is 0 Å². The molecule has 0 aliphatic carbocycles. The predicted molar refractivity (Wildman–Crippen MR) is 86.9 cm³/mol. The zero-order chi connectivity index (χ0) is 15.8. The van der Waals surface area contributed by atoms with Crippen LogP contribution in [0.4, 0.5) is 5.69 Å². The lowest BCUT2D eigenvalue weighted by Gasteiger charge is -2.62. The van der Waals surface area contributed by atoms with Crippen molar-refractivity contribution in [3.05, 3.63) is 29.8 Å². The number of carbonyl (C=O) groups excluding carboxylic acids is 2. The van der Waals surface area contributed by atoms with Crippen molar-refractivity contribution in [3.8, 4) is 0 Å². The fraction of sp³-hybridized carbons (Fsp3) is 0.579. The molecule has 3 saturated heterocycles. The highest BCUT2D eigenvalue weighted by Crippen LogP contribution is 2.68. The molecule has 0 unspecified atom stereocenters. The fourth-order valence-corrected chi connectivity index (χ4v) is 6.23. The Balaban J connectivity index is 1.85. The summed E-state index contributed by atoms with van der Waals surface area (Å²) in [6.07, 6.45) is 5.31. The monoisotopic (exact) mass is 310 g/mol. The topological polar surface area (TPSA) is 40.6 Å². The van der Waals surface area contributed by atoms with E-state index in [0.29, 0.717) is 12.8 Å². The summed E-state index contributed by atoms with van der Waals surface area (Å²) in [6.45, 7) is 3.05. The van der Waals surface area contributed by atoms with Gasteiger partial charge >= 0.3 is 0 Å². The number of benzene rings is 1. The number of para-hydroxylation sites is 1. The normalized spacial score (nSPS) is 37.7. The van der Waals surface area contributed by atoms with E-state index in [-0.39, 0.29) is 23.1 Å². The van der Waals surface area contributed by atoms with Gasteiger partial charge in [-0.05, 0) is 37.3 Å². The van der Waals surface area contributed by atoms with Gasteiger partial charge in [-0.15, -0.1) is 0 Å². The van der Waals surface area contributed by atoms with E-state index in [4.69, 9.17) is 0 Å². The van der Waals surface area contributed by atoms with Gasteiger partial charge in [0.15, 0.2) is 0 Å². The Labute approximate surface area is 136 Å². The third-order valence-corrected chi connectivity index (χ3v) is 7.03. The van der Waals surface area contributed by atoms with Gasteiger partial charge in [0.05, 0.1) is 0 Å². The predicted octanol–water partition coefficient (Wildman–Crippen LogP) is 3.03. The molecule has 1 aromatic rings. The molecule has 1 spiro atoms. The standard InChI is InChI=1S/C19H22N2O2/c1-2-18-9-5-11-20-17(23)12-14-13-6-3-4-7-15(13)21(19(14,18)20)16(22)8-10-18/h3-4,6-7,14H,2,5,8-12H2,1H3/t14-,18+,19-/m0/s1. The lowest BCUT2D eigenvalue weighted by Crippen LogP contribution is -2.73. The van der Waals surface area contributed by atoms with Crippen molar-refractivity contribution in [1.29, 1.82) is 0 Å². The summed E-state index contributed by atoms with van der Waals surface area (Å²) < 4.78 is 0. The van der Waals surface area contributed by atoms with Gasteiger partial charge in [-0.1, -0.05) is 25.1 Å². The first-order valence-electron chi connectivity index (χ1n) is 8.88. The third kappa shape index (κ3) is 1.28. The van der Waals surface area contributed by atoms with Crippen LogP contribution >= 0.6 is 0 Å². The second-order valence-electron chi connectivity index (χ2n) is 7.55. The smallest absolute Gasteiger partial charge is 0.228 e. The van der Waals surface area contributed by atoms with Crippen molar-refractivity contribution in [2.75, 3.05) is 11.4 Å². The number of amides is 2. The van der Waals surface area contributed by atoms with Crippen molar-refractivity contribution >= 4 is 17.5 Å². The van der Waals surface area contributed by atoms with Crippen LogP contribution in [0.15, 0.2) is 24.3 Å². The number of carbonyl (C=O) groups is 2. The lowest BCUT2D eigenvalue weighted by atomic mass is 9.59. The van der Waals surface area contributed by atoms with Gasteiger partial charge < -0.3 is 4.90 Å². The van der Waals surface area contributed by atoms with Crippen molar-refractivity contribution in [2.24, 2.45) is 5.41 Å². The highest BCUT2D eigenvalue weighted by molar-refractivity contribution is 6.02. The zero-order valence-electron chi connectivity index (χ0n) is 13.5. The maximum Gasteiger partial charge on any atom is 0.228 e. The molecule has 4 heterocycles. The van der Waals surface area contributed by atoms with Gasteiger partial charge in [0, 0.05) is 36.4 Å². The highest BCUT2D eigenvalue weighted by atomic mass is 16.2. The van der Waals surface area contributed by atoms with Crippen molar-refractivity contribution < 1.29 is 9.59 Å². The Morgan fingerprint density at radius 2 is 2.00 bits per heavy atom. The van der Waals surface area contributed by atoms with E-state index in [2.05, 4.69) is 24.0 Å². The molecule has 0 bridgehead atoms. The summed E-state index contributed by atoms with van der Waals surface area (Å²) in [7, 11) is 0. The summed E-state index contributed by atoms with van der Waals surface area (Å²) in [4.78, 5) is 29.9. The summed E-state index contributed by atoms with van der Waals surface area (Å²) in [5.74, 6) is 0.586. The fourth-order valence-electron chi connectivity index (χ4n) is 6.23. The first-order valence-corrected chi connectivity index (χ1v) is 8.88. The Morgan fingerprint density at radius 1 is 1.17 bits per heavy atom. The Hall–Kier alpha value is -1.84. The number of piperidine rings is 2. The van der Waals surface area contributed by atoms with E-state index in [1.165, 1.54) is 5.56 Å². The second-order valence-corrected chi connectivity index (χ2v) is 7.55. The molecule has 23 heavy (non-hydrogen) atoms. The van der Waals surface area contributed by atoms with Crippen LogP contribution < -0.4 is 4.90 Å². The molecule has 0 radical (unpaired) electrons. The largest absolute Gasteiger partial charge is 0.318 e. The van der Waals surface area contributed by atoms with E-state index in [1.54, 1.807) is 0 Å². The third-order valence-electron chi connectivity index (χ3n) is 7.03.